The van der Waals surface area contributed by atoms with E-state index in [2.05, 4.69) is 29.5 Å². The Morgan fingerprint density at radius 3 is 2.90 bits per heavy atom. The molecule has 0 amide bonds. The van der Waals surface area contributed by atoms with E-state index in [9.17, 15) is 0 Å². The molecular weight excluding hydrogens is 260 g/mol. The second-order valence-electron chi connectivity index (χ2n) is 4.75. The largest absolute Gasteiger partial charge is 0.481 e. The number of pyridine rings is 1. The van der Waals surface area contributed by atoms with Gasteiger partial charge in [-0.15, -0.1) is 0 Å². The molecule has 0 unspecified atom stereocenters. The van der Waals surface area contributed by atoms with Crippen LogP contribution in [0.2, 0.25) is 0 Å². The Morgan fingerprint density at radius 1 is 1.40 bits per heavy atom. The molecule has 0 aromatic carbocycles. The standard InChI is InChI=1S/C12H12N6O2/c1-19-9-4-8-7(5-14-9)15-12(18(8)6-2-3-6)10-11(13)17-20-16-10/h4-6H,2-3H2,1H3,(H2,13,17). The summed E-state index contributed by atoms with van der Waals surface area (Å²) < 4.78 is 12.0. The third-order valence-corrected chi connectivity index (χ3v) is 3.40. The van der Waals surface area contributed by atoms with Crippen molar-refractivity contribution in [3.8, 4) is 17.4 Å². The molecule has 0 spiro atoms. The third kappa shape index (κ3) is 1.54. The van der Waals surface area contributed by atoms with Gasteiger partial charge in [0.2, 0.25) is 5.88 Å². The van der Waals surface area contributed by atoms with E-state index in [0.29, 0.717) is 23.4 Å². The molecule has 8 heteroatoms. The molecule has 4 rings (SSSR count). The zero-order chi connectivity index (χ0) is 13.7. The number of methoxy groups -OCH3 is 1. The third-order valence-electron chi connectivity index (χ3n) is 3.40. The summed E-state index contributed by atoms with van der Waals surface area (Å²) in [5.74, 6) is 1.45. The van der Waals surface area contributed by atoms with Crippen molar-refractivity contribution in [3.63, 3.8) is 0 Å². The molecule has 1 aliphatic carbocycles. The Hall–Kier alpha value is -2.64. The van der Waals surface area contributed by atoms with Gasteiger partial charge in [-0.3, -0.25) is 0 Å². The number of hydrogen-bond acceptors (Lipinski definition) is 7. The Balaban J connectivity index is 2.01. The molecule has 3 aromatic heterocycles. The van der Waals surface area contributed by atoms with E-state index in [1.54, 1.807) is 13.3 Å². The minimum atomic E-state index is 0.238. The molecule has 0 atom stereocenters. The summed E-state index contributed by atoms with van der Waals surface area (Å²) in [7, 11) is 1.59. The van der Waals surface area contributed by atoms with E-state index in [0.717, 1.165) is 23.9 Å². The summed E-state index contributed by atoms with van der Waals surface area (Å²) >= 11 is 0. The summed E-state index contributed by atoms with van der Waals surface area (Å²) in [4.78, 5) is 8.73. The molecule has 0 radical (unpaired) electrons. The van der Waals surface area contributed by atoms with Crippen LogP contribution < -0.4 is 10.5 Å². The fourth-order valence-corrected chi connectivity index (χ4v) is 2.31. The highest BCUT2D eigenvalue weighted by molar-refractivity contribution is 5.82. The second-order valence-corrected chi connectivity index (χ2v) is 4.75. The zero-order valence-corrected chi connectivity index (χ0v) is 10.8. The molecule has 3 heterocycles. The lowest BCUT2D eigenvalue weighted by Crippen LogP contribution is -2.00. The van der Waals surface area contributed by atoms with Crippen LogP contribution in [0.1, 0.15) is 18.9 Å². The van der Waals surface area contributed by atoms with Crippen molar-refractivity contribution >= 4 is 16.9 Å². The van der Waals surface area contributed by atoms with Gasteiger partial charge < -0.3 is 15.0 Å². The second kappa shape index (κ2) is 3.92. The van der Waals surface area contributed by atoms with Crippen molar-refractivity contribution in [2.24, 2.45) is 0 Å². The number of aromatic nitrogens is 5. The van der Waals surface area contributed by atoms with Gasteiger partial charge in [-0.1, -0.05) is 0 Å². The van der Waals surface area contributed by atoms with Crippen LogP contribution in [0.4, 0.5) is 5.82 Å². The first-order valence-electron chi connectivity index (χ1n) is 6.28. The number of anilines is 1. The molecule has 0 saturated heterocycles. The van der Waals surface area contributed by atoms with Gasteiger partial charge in [0.25, 0.3) is 0 Å². The number of hydrogen-bond donors (Lipinski definition) is 1. The van der Waals surface area contributed by atoms with Crippen LogP contribution in [-0.2, 0) is 0 Å². The van der Waals surface area contributed by atoms with Crippen molar-refractivity contribution in [2.75, 3.05) is 12.8 Å². The van der Waals surface area contributed by atoms with E-state index < -0.39 is 0 Å². The van der Waals surface area contributed by atoms with Crippen molar-refractivity contribution < 1.29 is 9.37 Å². The number of fused-ring (bicyclic) bond motifs is 1. The molecule has 1 aliphatic rings. The topological polar surface area (TPSA) is 105 Å². The van der Waals surface area contributed by atoms with Crippen LogP contribution in [-0.4, -0.2) is 32.0 Å². The molecule has 0 bridgehead atoms. The van der Waals surface area contributed by atoms with Crippen LogP contribution in [0.5, 0.6) is 5.88 Å². The van der Waals surface area contributed by atoms with E-state index in [4.69, 9.17) is 10.5 Å². The smallest absolute Gasteiger partial charge is 0.215 e. The van der Waals surface area contributed by atoms with E-state index in [-0.39, 0.29) is 5.82 Å². The van der Waals surface area contributed by atoms with E-state index in [1.807, 2.05) is 6.07 Å². The maximum absolute atomic E-state index is 5.78. The van der Waals surface area contributed by atoms with Crippen molar-refractivity contribution in [3.05, 3.63) is 12.3 Å². The first kappa shape index (κ1) is 11.2. The van der Waals surface area contributed by atoms with Crippen LogP contribution in [0.25, 0.3) is 22.6 Å². The SMILES string of the molecule is COc1cc2c(cn1)nc(-c1nonc1N)n2C1CC1. The highest BCUT2D eigenvalue weighted by Crippen LogP contribution is 2.41. The molecule has 102 valence electrons. The molecule has 2 N–H and O–H groups in total. The number of nitrogens with zero attached hydrogens (tertiary/aromatic N) is 5. The molecule has 1 fully saturated rings. The number of rotatable bonds is 3. The van der Waals surface area contributed by atoms with Crippen molar-refractivity contribution in [1.82, 2.24) is 24.8 Å². The highest BCUT2D eigenvalue weighted by atomic mass is 16.6. The summed E-state index contributed by atoms with van der Waals surface area (Å²) in [6, 6.07) is 2.27. The van der Waals surface area contributed by atoms with Crippen molar-refractivity contribution in [2.45, 2.75) is 18.9 Å². The normalized spacial score (nSPS) is 14.8. The Kier molecular flexibility index (Phi) is 2.20. The average molecular weight is 272 g/mol. The molecule has 20 heavy (non-hydrogen) atoms. The van der Waals surface area contributed by atoms with Gasteiger partial charge in [0.05, 0.1) is 18.8 Å². The maximum Gasteiger partial charge on any atom is 0.215 e. The summed E-state index contributed by atoms with van der Waals surface area (Å²) in [5, 5.41) is 7.46. The van der Waals surface area contributed by atoms with E-state index >= 15 is 0 Å². The number of nitrogen functional groups attached to an aromatic ring is 1. The average Bonchev–Trinajstić information content (AvgIpc) is 3.10. The van der Waals surface area contributed by atoms with Crippen LogP contribution in [0.3, 0.4) is 0 Å². The Labute approximate surface area is 113 Å². The van der Waals surface area contributed by atoms with Crippen LogP contribution in [0, 0.1) is 0 Å². The molecule has 8 nitrogen and oxygen atoms in total. The monoisotopic (exact) mass is 272 g/mol. The van der Waals surface area contributed by atoms with Gasteiger partial charge >= 0.3 is 0 Å². The van der Waals surface area contributed by atoms with Gasteiger partial charge in [0, 0.05) is 12.1 Å². The van der Waals surface area contributed by atoms with Gasteiger partial charge in [-0.25, -0.2) is 14.6 Å². The van der Waals surface area contributed by atoms with E-state index in [1.165, 1.54) is 0 Å². The van der Waals surface area contributed by atoms with Gasteiger partial charge in [-0.2, -0.15) is 0 Å². The Morgan fingerprint density at radius 2 is 2.25 bits per heavy atom. The molecule has 1 saturated carbocycles. The van der Waals surface area contributed by atoms with Gasteiger partial charge in [0.1, 0.15) is 5.52 Å². The summed E-state index contributed by atoms with van der Waals surface area (Å²) in [6.45, 7) is 0. The predicted octanol–water partition coefficient (Wildman–Crippen LogP) is 1.41. The van der Waals surface area contributed by atoms with Gasteiger partial charge in [-0.05, 0) is 23.2 Å². The number of nitrogens with two attached hydrogens (primary N) is 1. The minimum Gasteiger partial charge on any atom is -0.481 e. The van der Waals surface area contributed by atoms with Gasteiger partial charge in [0.15, 0.2) is 17.3 Å². The van der Waals surface area contributed by atoms with Crippen LogP contribution >= 0.6 is 0 Å². The first-order valence-corrected chi connectivity index (χ1v) is 6.28. The fourth-order valence-electron chi connectivity index (χ4n) is 2.31. The quantitative estimate of drug-likeness (QED) is 0.768. The maximum atomic E-state index is 5.78. The first-order chi connectivity index (χ1) is 9.78. The molecular formula is C12H12N6O2. The van der Waals surface area contributed by atoms with Crippen molar-refractivity contribution in [1.29, 1.82) is 0 Å². The Bertz CT molecular complexity index is 788. The molecule has 0 aliphatic heterocycles. The predicted molar refractivity (Wildman–Crippen MR) is 70.1 cm³/mol. The highest BCUT2D eigenvalue weighted by Gasteiger charge is 2.31. The minimum absolute atomic E-state index is 0.238. The fraction of sp³-hybridized carbons (Fsp3) is 0.333. The number of imidazole rings is 1. The zero-order valence-electron chi connectivity index (χ0n) is 10.8. The number of ether oxygens (including phenoxy) is 1. The van der Waals surface area contributed by atoms with Crippen LogP contribution in [0.15, 0.2) is 16.9 Å². The summed E-state index contributed by atoms with van der Waals surface area (Å²) in [6.07, 6.45) is 3.89. The summed E-state index contributed by atoms with van der Waals surface area (Å²) in [5.41, 5.74) is 7.97. The lowest BCUT2D eigenvalue weighted by atomic mass is 10.3. The lowest BCUT2D eigenvalue weighted by Gasteiger charge is -2.05. The lowest BCUT2D eigenvalue weighted by molar-refractivity contribution is 0.310. The molecule has 3 aromatic rings.